The van der Waals surface area contributed by atoms with E-state index >= 15 is 0 Å². The van der Waals surface area contributed by atoms with Crippen molar-refractivity contribution in [3.05, 3.63) is 35.7 Å². The molecule has 0 fully saturated rings. The van der Waals surface area contributed by atoms with Gasteiger partial charge in [0.05, 0.1) is 17.7 Å². The lowest BCUT2D eigenvalue weighted by molar-refractivity contribution is 0.211. The predicted octanol–water partition coefficient (Wildman–Crippen LogP) is 2.71. The fourth-order valence-corrected chi connectivity index (χ4v) is 1.86. The van der Waals surface area contributed by atoms with Crippen molar-refractivity contribution in [2.24, 2.45) is 0 Å². The summed E-state index contributed by atoms with van der Waals surface area (Å²) in [5, 5.41) is 12.6. The molecule has 2 aromatic rings. The molecule has 0 amide bonds. The largest absolute Gasteiger partial charge is 0.390 e. The number of imidazole rings is 1. The van der Waals surface area contributed by atoms with Crippen LogP contribution in [-0.2, 0) is 0 Å². The smallest absolute Gasteiger partial charge is 0.137 e. The normalized spacial score (nSPS) is 12.4. The van der Waals surface area contributed by atoms with Crippen molar-refractivity contribution >= 4 is 17.3 Å². The molecule has 1 heterocycles. The molecule has 102 valence electrons. The zero-order chi connectivity index (χ0) is 13.8. The number of aromatic amines is 1. The van der Waals surface area contributed by atoms with Gasteiger partial charge in [-0.1, -0.05) is 12.1 Å². The third kappa shape index (κ3) is 3.49. The van der Waals surface area contributed by atoms with Crippen LogP contribution >= 0.6 is 11.6 Å². The first-order valence-corrected chi connectivity index (χ1v) is 6.75. The maximum absolute atomic E-state index is 9.43. The first kappa shape index (κ1) is 13.9. The molecule has 4 nitrogen and oxygen atoms in total. The molecule has 0 saturated carbocycles. The summed E-state index contributed by atoms with van der Waals surface area (Å²) in [6.07, 6.45) is -0.543. The summed E-state index contributed by atoms with van der Waals surface area (Å²) in [6.45, 7) is 4.42. The van der Waals surface area contributed by atoms with Gasteiger partial charge in [-0.15, -0.1) is 11.6 Å². The topological polar surface area (TPSA) is 60.9 Å². The molecule has 0 saturated heterocycles. The Hall–Kier alpha value is -1.52. The van der Waals surface area contributed by atoms with E-state index in [9.17, 15) is 5.11 Å². The molecule has 1 aromatic carbocycles. The highest BCUT2D eigenvalue weighted by molar-refractivity contribution is 6.18. The quantitative estimate of drug-likeness (QED) is 0.738. The number of aliphatic hydroxyl groups is 1. The van der Waals surface area contributed by atoms with E-state index in [-0.39, 0.29) is 5.88 Å². The number of halogens is 1. The minimum absolute atomic E-state index is 0.225. The molecule has 0 aliphatic rings. The summed E-state index contributed by atoms with van der Waals surface area (Å²) in [4.78, 5) is 7.73. The molecule has 0 radical (unpaired) electrons. The minimum Gasteiger partial charge on any atom is -0.390 e. The Kier molecular flexibility index (Phi) is 4.45. The Bertz CT molecular complexity index is 534. The highest BCUT2D eigenvalue weighted by Gasteiger charge is 2.06. The van der Waals surface area contributed by atoms with Gasteiger partial charge >= 0.3 is 0 Å². The molecule has 19 heavy (non-hydrogen) atoms. The Morgan fingerprint density at radius 3 is 2.84 bits per heavy atom. The highest BCUT2D eigenvalue weighted by Crippen LogP contribution is 2.21. The molecule has 1 atom stereocenters. The summed E-state index contributed by atoms with van der Waals surface area (Å²) in [5.74, 6) is 1.08. The van der Waals surface area contributed by atoms with Crippen LogP contribution in [0.3, 0.4) is 0 Å². The Morgan fingerprint density at radius 2 is 2.21 bits per heavy atom. The lowest BCUT2D eigenvalue weighted by Gasteiger charge is -2.10. The molecule has 1 aromatic heterocycles. The second-order valence-corrected chi connectivity index (χ2v) is 4.87. The SMILES string of the molecule is Cc1nc(-c2cccc(NCC(O)CCl)c2)[nH]c1C. The van der Waals surface area contributed by atoms with E-state index < -0.39 is 6.10 Å². The van der Waals surface area contributed by atoms with Crippen LogP contribution in [0, 0.1) is 13.8 Å². The van der Waals surface area contributed by atoms with Gasteiger partial charge in [-0.25, -0.2) is 4.98 Å². The molecule has 0 bridgehead atoms. The van der Waals surface area contributed by atoms with E-state index in [0.717, 1.165) is 28.5 Å². The second kappa shape index (κ2) is 6.08. The number of nitrogens with zero attached hydrogens (tertiary/aromatic N) is 1. The van der Waals surface area contributed by atoms with Crippen LogP contribution in [0.4, 0.5) is 5.69 Å². The number of hydrogen-bond donors (Lipinski definition) is 3. The van der Waals surface area contributed by atoms with Gasteiger partial charge in [0.1, 0.15) is 5.82 Å². The first-order valence-electron chi connectivity index (χ1n) is 6.21. The fraction of sp³-hybridized carbons (Fsp3) is 0.357. The Labute approximate surface area is 117 Å². The van der Waals surface area contributed by atoms with E-state index in [1.807, 2.05) is 38.1 Å². The minimum atomic E-state index is -0.543. The van der Waals surface area contributed by atoms with Gasteiger partial charge in [0.25, 0.3) is 0 Å². The number of aromatic nitrogens is 2. The predicted molar refractivity (Wildman–Crippen MR) is 78.7 cm³/mol. The van der Waals surface area contributed by atoms with Crippen molar-refractivity contribution in [3.63, 3.8) is 0 Å². The Balaban J connectivity index is 2.15. The van der Waals surface area contributed by atoms with Crippen LogP contribution in [0.5, 0.6) is 0 Å². The lowest BCUT2D eigenvalue weighted by Crippen LogP contribution is -2.20. The van der Waals surface area contributed by atoms with Crippen LogP contribution in [0.25, 0.3) is 11.4 Å². The molecule has 5 heteroatoms. The standard InChI is InChI=1S/C14H18ClN3O/c1-9-10(2)18-14(17-9)11-4-3-5-12(6-11)16-8-13(19)7-15/h3-6,13,16,19H,7-8H2,1-2H3,(H,17,18). The van der Waals surface area contributed by atoms with Gasteiger partial charge in [0, 0.05) is 23.5 Å². The third-order valence-corrected chi connectivity index (χ3v) is 3.34. The van der Waals surface area contributed by atoms with Crippen LogP contribution in [0.15, 0.2) is 24.3 Å². The number of H-pyrrole nitrogens is 1. The summed E-state index contributed by atoms with van der Waals surface area (Å²) in [7, 11) is 0. The maximum atomic E-state index is 9.43. The number of hydrogen-bond acceptors (Lipinski definition) is 3. The van der Waals surface area contributed by atoms with E-state index in [0.29, 0.717) is 6.54 Å². The van der Waals surface area contributed by atoms with Crippen molar-refractivity contribution < 1.29 is 5.11 Å². The summed E-state index contributed by atoms with van der Waals surface area (Å²) in [5.41, 5.74) is 4.03. The van der Waals surface area contributed by atoms with Gasteiger partial charge < -0.3 is 15.4 Å². The van der Waals surface area contributed by atoms with Crippen LogP contribution in [0.2, 0.25) is 0 Å². The van der Waals surface area contributed by atoms with Crippen molar-refractivity contribution in [2.75, 3.05) is 17.7 Å². The number of anilines is 1. The average molecular weight is 280 g/mol. The maximum Gasteiger partial charge on any atom is 0.137 e. The van der Waals surface area contributed by atoms with Gasteiger partial charge in [0.2, 0.25) is 0 Å². The summed E-state index contributed by atoms with van der Waals surface area (Å²) >= 11 is 5.56. The van der Waals surface area contributed by atoms with Crippen LogP contribution < -0.4 is 5.32 Å². The zero-order valence-electron chi connectivity index (χ0n) is 11.1. The van der Waals surface area contributed by atoms with Crippen molar-refractivity contribution in [2.45, 2.75) is 20.0 Å². The fourth-order valence-electron chi connectivity index (χ4n) is 1.75. The summed E-state index contributed by atoms with van der Waals surface area (Å²) < 4.78 is 0. The highest BCUT2D eigenvalue weighted by atomic mass is 35.5. The molecule has 3 N–H and O–H groups in total. The number of nitrogens with one attached hydrogen (secondary N) is 2. The van der Waals surface area contributed by atoms with Gasteiger partial charge in [-0.05, 0) is 26.0 Å². The van der Waals surface area contributed by atoms with Crippen molar-refractivity contribution in [1.29, 1.82) is 0 Å². The van der Waals surface area contributed by atoms with E-state index in [1.165, 1.54) is 0 Å². The summed E-state index contributed by atoms with van der Waals surface area (Å²) in [6, 6.07) is 7.91. The van der Waals surface area contributed by atoms with Crippen molar-refractivity contribution in [1.82, 2.24) is 9.97 Å². The van der Waals surface area contributed by atoms with Crippen LogP contribution in [0.1, 0.15) is 11.4 Å². The number of aryl methyl sites for hydroxylation is 2. The molecule has 2 rings (SSSR count). The number of aliphatic hydroxyl groups excluding tert-OH is 1. The van der Waals surface area contributed by atoms with Gasteiger partial charge in [-0.2, -0.15) is 0 Å². The third-order valence-electron chi connectivity index (χ3n) is 2.98. The average Bonchev–Trinajstić information content (AvgIpc) is 2.76. The molecular formula is C14H18ClN3O. The monoisotopic (exact) mass is 279 g/mol. The zero-order valence-corrected chi connectivity index (χ0v) is 11.8. The first-order chi connectivity index (χ1) is 9.10. The second-order valence-electron chi connectivity index (χ2n) is 4.57. The van der Waals surface area contributed by atoms with Crippen molar-refractivity contribution in [3.8, 4) is 11.4 Å². The van der Waals surface area contributed by atoms with Crippen LogP contribution in [-0.4, -0.2) is 33.6 Å². The number of rotatable bonds is 5. The van der Waals surface area contributed by atoms with Gasteiger partial charge in [-0.3, -0.25) is 0 Å². The number of benzene rings is 1. The molecule has 0 aliphatic heterocycles. The molecule has 0 spiro atoms. The molecule has 0 aliphatic carbocycles. The lowest BCUT2D eigenvalue weighted by atomic mass is 10.2. The Morgan fingerprint density at radius 1 is 1.42 bits per heavy atom. The molecule has 1 unspecified atom stereocenters. The number of alkyl halides is 1. The molecular weight excluding hydrogens is 262 g/mol. The van der Waals surface area contributed by atoms with E-state index in [2.05, 4.69) is 15.3 Å². The van der Waals surface area contributed by atoms with Gasteiger partial charge in [0.15, 0.2) is 0 Å². The van der Waals surface area contributed by atoms with E-state index in [1.54, 1.807) is 0 Å². The van der Waals surface area contributed by atoms with E-state index in [4.69, 9.17) is 11.6 Å².